The number of azide groups is 1. The molecule has 0 aromatic heterocycles. The molecule has 0 N–H and O–H groups in total. The maximum atomic E-state index is 11.6. The van der Waals surface area contributed by atoms with Crippen molar-refractivity contribution in [3.63, 3.8) is 0 Å². The summed E-state index contributed by atoms with van der Waals surface area (Å²) in [6.45, 7) is 3.03. The zero-order valence-electron chi connectivity index (χ0n) is 12.1. The summed E-state index contributed by atoms with van der Waals surface area (Å²) < 4.78 is 5.42. The molecule has 0 aliphatic rings. The van der Waals surface area contributed by atoms with Crippen LogP contribution in [0.15, 0.2) is 23.3 Å². The van der Waals surface area contributed by atoms with Gasteiger partial charge in [-0.1, -0.05) is 36.6 Å². The molecule has 9 heteroatoms. The fourth-order valence-corrected chi connectivity index (χ4v) is 1.94. The van der Waals surface area contributed by atoms with Gasteiger partial charge in [-0.05, 0) is 17.7 Å². The molecule has 0 fully saturated rings. The van der Waals surface area contributed by atoms with Crippen LogP contribution < -0.4 is 0 Å². The van der Waals surface area contributed by atoms with Crippen LogP contribution in [-0.4, -0.2) is 23.9 Å². The number of para-hydroxylation sites is 1. The molecule has 0 saturated heterocycles. The lowest BCUT2D eigenvalue weighted by Gasteiger charge is -2.17. The van der Waals surface area contributed by atoms with Gasteiger partial charge in [0.25, 0.3) is 5.69 Å². The molecule has 118 valence electrons. The summed E-state index contributed by atoms with van der Waals surface area (Å²) in [6, 6.07) is 4.37. The van der Waals surface area contributed by atoms with Crippen LogP contribution in [0.25, 0.3) is 10.4 Å². The van der Waals surface area contributed by atoms with Crippen LogP contribution in [0, 0.1) is 16.0 Å². The van der Waals surface area contributed by atoms with Crippen LogP contribution in [0.5, 0.6) is 0 Å². The van der Waals surface area contributed by atoms with Gasteiger partial charge in [0, 0.05) is 10.8 Å². The van der Waals surface area contributed by atoms with Crippen molar-refractivity contribution in [2.75, 3.05) is 13.2 Å². The summed E-state index contributed by atoms with van der Waals surface area (Å²) >= 11 is 5.85. The van der Waals surface area contributed by atoms with Crippen molar-refractivity contribution in [3.05, 3.63) is 49.3 Å². The van der Waals surface area contributed by atoms with Crippen molar-refractivity contribution in [1.82, 2.24) is 0 Å². The first-order chi connectivity index (χ1) is 10.4. The third-order valence-corrected chi connectivity index (χ3v) is 3.23. The SMILES string of the molecule is CC(C)C(=O)COC(CN=[N+]=[N-])c1cccc(Cl)c1[N+](=O)[O-]. The highest BCUT2D eigenvalue weighted by Crippen LogP contribution is 2.34. The Morgan fingerprint density at radius 3 is 2.77 bits per heavy atom. The number of benzene rings is 1. The van der Waals surface area contributed by atoms with Crippen molar-refractivity contribution in [2.45, 2.75) is 20.0 Å². The second-order valence-corrected chi connectivity index (χ2v) is 5.18. The molecule has 22 heavy (non-hydrogen) atoms. The molecule has 8 nitrogen and oxygen atoms in total. The smallest absolute Gasteiger partial charge is 0.293 e. The lowest BCUT2D eigenvalue weighted by molar-refractivity contribution is -0.386. The largest absolute Gasteiger partial charge is 0.365 e. The van der Waals surface area contributed by atoms with Crippen LogP contribution in [0.1, 0.15) is 25.5 Å². The first-order valence-electron chi connectivity index (χ1n) is 6.46. The van der Waals surface area contributed by atoms with E-state index < -0.39 is 11.0 Å². The zero-order chi connectivity index (χ0) is 16.7. The van der Waals surface area contributed by atoms with Crippen molar-refractivity contribution < 1.29 is 14.5 Å². The number of ether oxygens (including phenoxy) is 1. The maximum Gasteiger partial charge on any atom is 0.293 e. The Bertz CT molecular complexity index is 614. The Balaban J connectivity index is 3.11. The number of carbonyl (C=O) groups excluding carboxylic acids is 1. The van der Waals surface area contributed by atoms with E-state index in [0.29, 0.717) is 0 Å². The minimum Gasteiger partial charge on any atom is -0.365 e. The summed E-state index contributed by atoms with van der Waals surface area (Å²) in [5, 5.41) is 14.5. The number of hydrogen-bond acceptors (Lipinski definition) is 5. The van der Waals surface area contributed by atoms with Crippen LogP contribution in [0.2, 0.25) is 5.02 Å². The van der Waals surface area contributed by atoms with Crippen molar-refractivity contribution >= 4 is 23.1 Å². The van der Waals surface area contributed by atoms with Gasteiger partial charge in [-0.3, -0.25) is 14.9 Å². The number of nitro benzene ring substituents is 1. The Morgan fingerprint density at radius 2 is 2.23 bits per heavy atom. The highest BCUT2D eigenvalue weighted by atomic mass is 35.5. The predicted octanol–water partition coefficient (Wildman–Crippen LogP) is 3.84. The summed E-state index contributed by atoms with van der Waals surface area (Å²) in [4.78, 5) is 24.8. The second-order valence-electron chi connectivity index (χ2n) is 4.77. The molecular formula is C13H15ClN4O4. The third kappa shape index (κ3) is 4.70. The van der Waals surface area contributed by atoms with E-state index in [-0.39, 0.29) is 41.1 Å². The van der Waals surface area contributed by atoms with Gasteiger partial charge in [-0.25, -0.2) is 0 Å². The fraction of sp³-hybridized carbons (Fsp3) is 0.462. The molecule has 1 rings (SSSR count). The molecule has 0 amide bonds. The maximum absolute atomic E-state index is 11.6. The molecule has 0 bridgehead atoms. The molecule has 0 heterocycles. The van der Waals surface area contributed by atoms with Crippen molar-refractivity contribution in [1.29, 1.82) is 0 Å². The molecule has 0 aliphatic heterocycles. The third-order valence-electron chi connectivity index (χ3n) is 2.93. The highest BCUT2D eigenvalue weighted by Gasteiger charge is 2.26. The van der Waals surface area contributed by atoms with Gasteiger partial charge < -0.3 is 4.74 Å². The first-order valence-corrected chi connectivity index (χ1v) is 6.84. The average molecular weight is 327 g/mol. The van der Waals surface area contributed by atoms with Crippen LogP contribution in [0.3, 0.4) is 0 Å². The number of hydrogen-bond donors (Lipinski definition) is 0. The molecule has 0 aliphatic carbocycles. The fourth-order valence-electron chi connectivity index (χ4n) is 1.69. The summed E-state index contributed by atoms with van der Waals surface area (Å²) in [7, 11) is 0. The van der Waals surface area contributed by atoms with Crippen molar-refractivity contribution in [2.24, 2.45) is 11.0 Å². The van der Waals surface area contributed by atoms with E-state index in [1.807, 2.05) is 0 Å². The number of halogens is 1. The zero-order valence-corrected chi connectivity index (χ0v) is 12.9. The predicted molar refractivity (Wildman–Crippen MR) is 80.7 cm³/mol. The molecule has 0 saturated carbocycles. The Morgan fingerprint density at radius 1 is 1.55 bits per heavy atom. The van der Waals surface area contributed by atoms with E-state index >= 15 is 0 Å². The standard InChI is InChI=1S/C13H15ClN4O4/c1-8(2)11(19)7-22-12(6-16-17-15)9-4-3-5-10(14)13(9)18(20)21/h3-5,8,12H,6-7H2,1-2H3. The Hall–Kier alpha value is -2.15. The number of nitrogens with zero attached hydrogens (tertiary/aromatic N) is 4. The summed E-state index contributed by atoms with van der Waals surface area (Å²) in [5.74, 6) is -0.384. The lowest BCUT2D eigenvalue weighted by atomic mass is 10.1. The Kier molecular flexibility index (Phi) is 6.78. The molecule has 0 spiro atoms. The molecule has 0 radical (unpaired) electrons. The van der Waals surface area contributed by atoms with Gasteiger partial charge >= 0.3 is 0 Å². The van der Waals surface area contributed by atoms with Gasteiger partial charge in [-0.15, -0.1) is 0 Å². The minimum atomic E-state index is -0.919. The molecule has 1 unspecified atom stereocenters. The molecular weight excluding hydrogens is 312 g/mol. The summed E-state index contributed by atoms with van der Waals surface area (Å²) in [5.41, 5.74) is 8.28. The van der Waals surface area contributed by atoms with E-state index in [2.05, 4.69) is 10.0 Å². The van der Waals surface area contributed by atoms with Gasteiger partial charge in [-0.2, -0.15) is 0 Å². The number of rotatable bonds is 8. The molecule has 1 aromatic rings. The monoisotopic (exact) mass is 326 g/mol. The van der Waals surface area contributed by atoms with E-state index in [1.54, 1.807) is 13.8 Å². The normalized spacial score (nSPS) is 11.8. The molecule has 1 atom stereocenters. The Labute approximate surface area is 131 Å². The average Bonchev–Trinajstić information content (AvgIpc) is 2.46. The van der Waals surface area contributed by atoms with Crippen molar-refractivity contribution in [3.8, 4) is 0 Å². The highest BCUT2D eigenvalue weighted by molar-refractivity contribution is 6.32. The number of Topliss-reactive ketones (excluding diaryl/α,β-unsaturated/α-hetero) is 1. The topological polar surface area (TPSA) is 118 Å². The lowest BCUT2D eigenvalue weighted by Crippen LogP contribution is -2.19. The minimum absolute atomic E-state index is 0.0489. The summed E-state index contributed by atoms with van der Waals surface area (Å²) in [6.07, 6.45) is -0.919. The number of ketones is 1. The molecule has 1 aromatic carbocycles. The van der Waals surface area contributed by atoms with Crippen LogP contribution in [0.4, 0.5) is 5.69 Å². The van der Waals surface area contributed by atoms with E-state index in [9.17, 15) is 14.9 Å². The number of nitro groups is 1. The quantitative estimate of drug-likeness (QED) is 0.237. The van der Waals surface area contributed by atoms with Crippen LogP contribution >= 0.6 is 11.6 Å². The van der Waals surface area contributed by atoms with Gasteiger partial charge in [0.05, 0.1) is 23.1 Å². The van der Waals surface area contributed by atoms with Gasteiger partial charge in [0.1, 0.15) is 11.6 Å². The van der Waals surface area contributed by atoms with Crippen LogP contribution in [-0.2, 0) is 9.53 Å². The van der Waals surface area contributed by atoms with E-state index in [1.165, 1.54) is 18.2 Å². The van der Waals surface area contributed by atoms with Gasteiger partial charge in [0.2, 0.25) is 0 Å². The van der Waals surface area contributed by atoms with Gasteiger partial charge in [0.15, 0.2) is 5.78 Å². The first kappa shape index (κ1) is 17.9. The second kappa shape index (κ2) is 8.33. The number of carbonyl (C=O) groups is 1. The van der Waals surface area contributed by atoms with E-state index in [4.69, 9.17) is 21.9 Å². The van der Waals surface area contributed by atoms with E-state index in [0.717, 1.165) is 0 Å².